The minimum absolute atomic E-state index is 0.0438. The quantitative estimate of drug-likeness (QED) is 0.105. The molecule has 0 fully saturated rings. The van der Waals surface area contributed by atoms with Crippen LogP contribution < -0.4 is 10.3 Å². The van der Waals surface area contributed by atoms with Crippen molar-refractivity contribution >= 4 is 38.7 Å². The Hall–Kier alpha value is -4.64. The number of nitro groups is 1. The van der Waals surface area contributed by atoms with E-state index in [1.165, 1.54) is 16.8 Å². The van der Waals surface area contributed by atoms with Crippen molar-refractivity contribution in [3.63, 3.8) is 0 Å². The molecule has 3 aromatic heterocycles. The summed E-state index contributed by atoms with van der Waals surface area (Å²) < 4.78 is 10.0. The molecule has 0 radical (unpaired) electrons. The van der Waals surface area contributed by atoms with E-state index in [2.05, 4.69) is 37.5 Å². The summed E-state index contributed by atoms with van der Waals surface area (Å²) in [5, 5.41) is 16.0. The summed E-state index contributed by atoms with van der Waals surface area (Å²) in [6.07, 6.45) is 3.68. The smallest absolute Gasteiger partial charge is 0.287 e. The normalized spacial score (nSPS) is 12.2. The van der Waals surface area contributed by atoms with Gasteiger partial charge in [0.25, 0.3) is 11.2 Å². The van der Waals surface area contributed by atoms with E-state index in [4.69, 9.17) is 9.72 Å². The lowest BCUT2D eigenvalue weighted by Crippen LogP contribution is -2.23. The van der Waals surface area contributed by atoms with Crippen LogP contribution in [0.25, 0.3) is 16.6 Å². The fraction of sp³-hybridized carbons (Fsp3) is 0.200. The number of aryl methyl sites for hydroxylation is 1. The van der Waals surface area contributed by atoms with Crippen LogP contribution in [0.3, 0.4) is 0 Å². The highest BCUT2D eigenvalue weighted by molar-refractivity contribution is 9.10. The molecule has 208 valence electrons. The maximum atomic E-state index is 13.5. The van der Waals surface area contributed by atoms with Crippen LogP contribution in [0.15, 0.2) is 81.2 Å². The molecule has 10 nitrogen and oxygen atoms in total. The Morgan fingerprint density at radius 2 is 1.88 bits per heavy atom. The van der Waals surface area contributed by atoms with E-state index < -0.39 is 4.92 Å². The van der Waals surface area contributed by atoms with Gasteiger partial charge >= 0.3 is 0 Å². The molecule has 2 aromatic carbocycles. The molecule has 0 unspecified atom stereocenters. The molecule has 3 heterocycles. The van der Waals surface area contributed by atoms with Gasteiger partial charge in [0.1, 0.15) is 17.8 Å². The van der Waals surface area contributed by atoms with E-state index in [1.807, 2.05) is 63.2 Å². The Morgan fingerprint density at radius 3 is 2.54 bits per heavy atom. The molecule has 1 atom stereocenters. The third kappa shape index (κ3) is 5.66. The van der Waals surface area contributed by atoms with Gasteiger partial charge in [-0.05, 0) is 68.8 Å². The summed E-state index contributed by atoms with van der Waals surface area (Å²) in [4.78, 5) is 32.6. The van der Waals surface area contributed by atoms with Gasteiger partial charge in [-0.15, -0.1) is 0 Å². The van der Waals surface area contributed by atoms with Crippen LogP contribution in [0, 0.1) is 24.0 Å². The van der Waals surface area contributed by atoms with Crippen molar-refractivity contribution in [3.8, 4) is 17.3 Å². The molecule has 5 rings (SSSR count). The van der Waals surface area contributed by atoms with Gasteiger partial charge in [-0.25, -0.2) is 9.97 Å². The van der Waals surface area contributed by atoms with Crippen LogP contribution in [-0.4, -0.2) is 30.3 Å². The van der Waals surface area contributed by atoms with E-state index in [0.717, 1.165) is 39.7 Å². The lowest BCUT2D eigenvalue weighted by Gasteiger charge is -2.14. The van der Waals surface area contributed by atoms with Crippen LogP contribution in [0.2, 0.25) is 0 Å². The first kappa shape index (κ1) is 27.9. The third-order valence-corrected chi connectivity index (χ3v) is 7.41. The maximum Gasteiger partial charge on any atom is 0.287 e. The number of pyridine rings is 1. The number of hydrogen-bond acceptors (Lipinski definition) is 7. The molecular formula is C30H27BrN6O4. The molecule has 11 heteroatoms. The number of benzene rings is 2. The topological polar surface area (TPSA) is 117 Å². The van der Waals surface area contributed by atoms with Crippen LogP contribution in [0.4, 0.5) is 5.69 Å². The number of hydrogen-bond donors (Lipinski definition) is 0. The van der Waals surface area contributed by atoms with E-state index in [0.29, 0.717) is 22.5 Å². The second-order valence-corrected chi connectivity index (χ2v) is 10.6. The fourth-order valence-corrected chi connectivity index (χ4v) is 4.90. The summed E-state index contributed by atoms with van der Waals surface area (Å²) in [6.45, 7) is 8.09. The van der Waals surface area contributed by atoms with Crippen molar-refractivity contribution < 1.29 is 9.66 Å². The molecule has 0 bridgehead atoms. The van der Waals surface area contributed by atoms with E-state index in [1.54, 1.807) is 12.3 Å². The summed E-state index contributed by atoms with van der Waals surface area (Å²) in [7, 11) is 0. The minimum atomic E-state index is -0.507. The van der Waals surface area contributed by atoms with Gasteiger partial charge in [0.15, 0.2) is 0 Å². The number of halogens is 1. The fourth-order valence-electron chi connectivity index (χ4n) is 4.54. The molecule has 0 saturated carbocycles. The van der Waals surface area contributed by atoms with Gasteiger partial charge in [0.05, 0.1) is 22.0 Å². The van der Waals surface area contributed by atoms with Crippen molar-refractivity contribution in [2.45, 2.75) is 40.0 Å². The first-order valence-corrected chi connectivity index (χ1v) is 13.8. The van der Waals surface area contributed by atoms with Crippen molar-refractivity contribution in [1.82, 2.24) is 19.2 Å². The first-order chi connectivity index (χ1) is 19.7. The minimum Gasteiger partial charge on any atom is -0.439 e. The molecule has 41 heavy (non-hydrogen) atoms. The molecule has 0 aliphatic heterocycles. The summed E-state index contributed by atoms with van der Waals surface area (Å²) in [5.41, 5.74) is 4.06. The Labute approximate surface area is 244 Å². The second-order valence-electron chi connectivity index (χ2n) is 9.67. The second kappa shape index (κ2) is 11.5. The number of rotatable bonds is 8. The zero-order valence-corrected chi connectivity index (χ0v) is 24.5. The molecule has 0 N–H and O–H groups in total. The predicted octanol–water partition coefficient (Wildman–Crippen LogP) is 7.06. The molecule has 0 aliphatic rings. The van der Waals surface area contributed by atoms with Crippen molar-refractivity contribution in [2.24, 2.45) is 5.10 Å². The van der Waals surface area contributed by atoms with Crippen molar-refractivity contribution in [2.75, 3.05) is 0 Å². The molecule has 0 spiro atoms. The van der Waals surface area contributed by atoms with Gasteiger partial charge in [0, 0.05) is 45.2 Å². The lowest BCUT2D eigenvalue weighted by atomic mass is 10.1. The highest BCUT2D eigenvalue weighted by atomic mass is 79.9. The average molecular weight is 615 g/mol. The van der Waals surface area contributed by atoms with Gasteiger partial charge in [0.2, 0.25) is 5.88 Å². The highest BCUT2D eigenvalue weighted by Gasteiger charge is 2.16. The van der Waals surface area contributed by atoms with Crippen LogP contribution in [0.1, 0.15) is 49.0 Å². The van der Waals surface area contributed by atoms with Gasteiger partial charge in [-0.3, -0.25) is 14.9 Å². The number of aromatic nitrogens is 4. The highest BCUT2D eigenvalue weighted by Crippen LogP contribution is 2.26. The van der Waals surface area contributed by atoms with Gasteiger partial charge in [-0.1, -0.05) is 29.8 Å². The summed E-state index contributed by atoms with van der Waals surface area (Å²) >= 11 is 3.45. The monoisotopic (exact) mass is 614 g/mol. The average Bonchev–Trinajstić information content (AvgIpc) is 3.25. The Bertz CT molecular complexity index is 1840. The van der Waals surface area contributed by atoms with E-state index in [-0.39, 0.29) is 23.0 Å². The Kier molecular flexibility index (Phi) is 7.80. The molecular weight excluding hydrogens is 588 g/mol. The van der Waals surface area contributed by atoms with Gasteiger partial charge < -0.3 is 9.30 Å². The molecule has 0 aliphatic carbocycles. The first-order valence-electron chi connectivity index (χ1n) is 13.0. The zero-order chi connectivity index (χ0) is 29.3. The van der Waals surface area contributed by atoms with Gasteiger partial charge in [-0.2, -0.15) is 9.78 Å². The van der Waals surface area contributed by atoms with Crippen molar-refractivity contribution in [1.29, 1.82) is 0 Å². The number of nitrogens with zero attached hydrogens (tertiary/aromatic N) is 6. The third-order valence-electron chi connectivity index (χ3n) is 6.92. The van der Waals surface area contributed by atoms with Crippen molar-refractivity contribution in [3.05, 3.63) is 115 Å². The predicted molar refractivity (Wildman–Crippen MR) is 162 cm³/mol. The Balaban J connectivity index is 1.44. The maximum absolute atomic E-state index is 13.5. The largest absolute Gasteiger partial charge is 0.439 e. The number of ether oxygens (including phenoxy) is 1. The molecule has 0 amide bonds. The SMILES string of the molecule is CC[C@H](C)c1nc2ccc(Br)cc2c(=O)n1N=Cc1cc(C)n(-c2ccc(Oc3ccc([N+](=O)[O-])cn3)cc2)c1C. The Morgan fingerprint density at radius 1 is 1.12 bits per heavy atom. The molecule has 5 aromatic rings. The zero-order valence-electron chi connectivity index (χ0n) is 22.9. The number of fused-ring (bicyclic) bond motifs is 1. The van der Waals surface area contributed by atoms with E-state index >= 15 is 0 Å². The summed E-state index contributed by atoms with van der Waals surface area (Å²) in [6, 6.07) is 17.8. The lowest BCUT2D eigenvalue weighted by molar-refractivity contribution is -0.385. The van der Waals surface area contributed by atoms with Crippen LogP contribution in [0.5, 0.6) is 11.6 Å². The standard InChI is InChI=1S/C30H27BrN6O4/c1-5-18(2)29-34-27-12-6-22(31)15-26(27)30(38)36(29)33-16-21-14-19(3)35(20(21)4)23-7-10-25(11-8-23)41-28-13-9-24(17-32-28)37(39)40/h6-18H,5H2,1-4H3/t18-/m0/s1. The summed E-state index contributed by atoms with van der Waals surface area (Å²) in [5.74, 6) is 1.47. The van der Waals surface area contributed by atoms with E-state index in [9.17, 15) is 14.9 Å². The van der Waals surface area contributed by atoms with Crippen LogP contribution >= 0.6 is 15.9 Å². The van der Waals surface area contributed by atoms with Crippen LogP contribution in [-0.2, 0) is 0 Å². The molecule has 0 saturated heterocycles.